The predicted octanol–water partition coefficient (Wildman–Crippen LogP) is 2.77. The Bertz CT molecular complexity index is 1140. The summed E-state index contributed by atoms with van der Waals surface area (Å²) in [6.07, 6.45) is 4.55. The third kappa shape index (κ3) is 3.61. The first kappa shape index (κ1) is 20.8. The van der Waals surface area contributed by atoms with Gasteiger partial charge in [-0.3, -0.25) is 14.4 Å². The van der Waals surface area contributed by atoms with E-state index in [2.05, 4.69) is 10.1 Å². The topological polar surface area (TPSA) is 103 Å². The van der Waals surface area contributed by atoms with E-state index in [1.54, 1.807) is 42.2 Å². The molecule has 1 aliphatic heterocycles. The predicted molar refractivity (Wildman–Crippen MR) is 114 cm³/mol. The van der Waals surface area contributed by atoms with Crippen LogP contribution in [-0.2, 0) is 6.54 Å². The molecule has 0 saturated carbocycles. The number of carbonyl (C=O) groups excluding carboxylic acids is 1. The molecule has 162 valence electrons. The van der Waals surface area contributed by atoms with Crippen molar-refractivity contribution < 1.29 is 19.4 Å². The van der Waals surface area contributed by atoms with Crippen molar-refractivity contribution in [1.29, 1.82) is 0 Å². The minimum Gasteiger partial charge on any atom is -0.491 e. The summed E-state index contributed by atoms with van der Waals surface area (Å²) in [7, 11) is 3.09. The first-order chi connectivity index (χ1) is 14.8. The molecule has 2 unspecified atom stereocenters. The first-order valence-corrected chi connectivity index (χ1v) is 9.98. The molecule has 31 heavy (non-hydrogen) atoms. The van der Waals surface area contributed by atoms with Gasteiger partial charge < -0.3 is 14.6 Å². The number of methoxy groups -OCH3 is 2. The maximum atomic E-state index is 13.2. The summed E-state index contributed by atoms with van der Waals surface area (Å²) in [5.74, 6) is 0.797. The van der Waals surface area contributed by atoms with E-state index in [0.717, 1.165) is 11.1 Å². The standard InChI is InChI=1S/C22H25N5O4/c1-12-6-17(15-7-18(30-4)21(31-5)23-8-15)25-20-14(3)27(22(29)19(12)20)16-9-24-26(11-16)10-13(2)28/h6-9,11,13-14,28H,10H2,1-5H3. The summed E-state index contributed by atoms with van der Waals surface area (Å²) >= 11 is 0. The molecule has 1 amide bonds. The zero-order valence-corrected chi connectivity index (χ0v) is 18.2. The van der Waals surface area contributed by atoms with Gasteiger partial charge in [-0.05, 0) is 38.5 Å². The van der Waals surface area contributed by atoms with Crippen LogP contribution in [-0.4, -0.2) is 51.1 Å². The van der Waals surface area contributed by atoms with Gasteiger partial charge in [-0.25, -0.2) is 9.97 Å². The summed E-state index contributed by atoms with van der Waals surface area (Å²) < 4.78 is 12.2. The van der Waals surface area contributed by atoms with Gasteiger partial charge in [-0.2, -0.15) is 5.10 Å². The van der Waals surface area contributed by atoms with Crippen molar-refractivity contribution in [1.82, 2.24) is 19.7 Å². The molecular weight excluding hydrogens is 398 g/mol. The highest BCUT2D eigenvalue weighted by Crippen LogP contribution is 2.39. The fourth-order valence-corrected chi connectivity index (χ4v) is 3.90. The number of amides is 1. The van der Waals surface area contributed by atoms with Crippen molar-refractivity contribution in [2.45, 2.75) is 39.5 Å². The number of hydrogen-bond donors (Lipinski definition) is 1. The van der Waals surface area contributed by atoms with Crippen molar-refractivity contribution in [3.63, 3.8) is 0 Å². The molecule has 3 aromatic rings. The normalized spacial score (nSPS) is 16.4. The Kier molecular flexibility index (Phi) is 5.36. The lowest BCUT2D eigenvalue weighted by Gasteiger charge is -2.19. The number of hydrogen-bond acceptors (Lipinski definition) is 7. The Morgan fingerprint density at radius 1 is 1.23 bits per heavy atom. The quantitative estimate of drug-likeness (QED) is 0.650. The minimum absolute atomic E-state index is 0.110. The number of aliphatic hydroxyl groups is 1. The fourth-order valence-electron chi connectivity index (χ4n) is 3.90. The van der Waals surface area contributed by atoms with Crippen LogP contribution in [0.1, 0.15) is 41.5 Å². The van der Waals surface area contributed by atoms with Gasteiger partial charge in [-0.1, -0.05) is 0 Å². The Morgan fingerprint density at radius 2 is 2.00 bits per heavy atom. The average molecular weight is 423 g/mol. The number of anilines is 1. The largest absolute Gasteiger partial charge is 0.491 e. The molecule has 4 rings (SSSR count). The molecular formula is C22H25N5O4. The minimum atomic E-state index is -0.529. The number of aromatic nitrogens is 4. The molecule has 3 aromatic heterocycles. The Labute approximate surface area is 180 Å². The van der Waals surface area contributed by atoms with Gasteiger partial charge in [0.1, 0.15) is 0 Å². The highest BCUT2D eigenvalue weighted by molar-refractivity contribution is 6.11. The van der Waals surface area contributed by atoms with E-state index < -0.39 is 6.10 Å². The van der Waals surface area contributed by atoms with Gasteiger partial charge >= 0.3 is 0 Å². The van der Waals surface area contributed by atoms with Crippen molar-refractivity contribution in [3.8, 4) is 22.9 Å². The maximum Gasteiger partial charge on any atom is 0.261 e. The molecule has 9 heteroatoms. The van der Waals surface area contributed by atoms with Gasteiger partial charge in [0.05, 0.1) is 61.7 Å². The van der Waals surface area contributed by atoms with Gasteiger partial charge in [-0.15, -0.1) is 0 Å². The summed E-state index contributed by atoms with van der Waals surface area (Å²) in [6, 6.07) is 3.44. The van der Waals surface area contributed by atoms with E-state index in [9.17, 15) is 9.90 Å². The third-order valence-corrected chi connectivity index (χ3v) is 5.34. The van der Waals surface area contributed by atoms with Gasteiger partial charge in [0.25, 0.3) is 11.8 Å². The summed E-state index contributed by atoms with van der Waals surface area (Å²) in [5.41, 5.74) is 4.30. The van der Waals surface area contributed by atoms with Crippen molar-refractivity contribution >= 4 is 11.6 Å². The summed E-state index contributed by atoms with van der Waals surface area (Å²) in [4.78, 5) is 24.0. The fraction of sp³-hybridized carbons (Fsp3) is 0.364. The van der Waals surface area contributed by atoms with Crippen LogP contribution in [0, 0.1) is 6.92 Å². The number of aryl methyl sites for hydroxylation is 1. The van der Waals surface area contributed by atoms with Crippen LogP contribution in [0.15, 0.2) is 30.7 Å². The Balaban J connectivity index is 1.72. The van der Waals surface area contributed by atoms with Crippen molar-refractivity contribution in [2.75, 3.05) is 19.1 Å². The molecule has 0 aromatic carbocycles. The molecule has 0 radical (unpaired) electrons. The highest BCUT2D eigenvalue weighted by atomic mass is 16.5. The van der Waals surface area contributed by atoms with E-state index in [0.29, 0.717) is 40.8 Å². The van der Waals surface area contributed by atoms with Crippen LogP contribution in [0.2, 0.25) is 0 Å². The van der Waals surface area contributed by atoms with Gasteiger partial charge in [0.2, 0.25) is 0 Å². The summed E-state index contributed by atoms with van der Waals surface area (Å²) in [6.45, 7) is 5.90. The number of carbonyl (C=O) groups is 1. The zero-order valence-electron chi connectivity index (χ0n) is 18.2. The third-order valence-electron chi connectivity index (χ3n) is 5.34. The van der Waals surface area contributed by atoms with Crippen LogP contribution in [0.3, 0.4) is 0 Å². The summed E-state index contributed by atoms with van der Waals surface area (Å²) in [5, 5.41) is 13.9. The number of rotatable bonds is 6. The van der Waals surface area contributed by atoms with Crippen LogP contribution >= 0.6 is 0 Å². The number of aliphatic hydroxyl groups excluding tert-OH is 1. The number of fused-ring (bicyclic) bond motifs is 1. The Morgan fingerprint density at radius 3 is 2.68 bits per heavy atom. The molecule has 0 aliphatic carbocycles. The SMILES string of the molecule is COc1cc(-c2cc(C)c3c(n2)C(C)N(c2cnn(CC(C)O)c2)C3=O)cnc1OC. The lowest BCUT2D eigenvalue weighted by Crippen LogP contribution is -2.26. The zero-order chi connectivity index (χ0) is 22.3. The van der Waals surface area contributed by atoms with E-state index in [4.69, 9.17) is 14.5 Å². The molecule has 0 spiro atoms. The Hall–Kier alpha value is -3.46. The molecule has 2 atom stereocenters. The number of nitrogens with zero attached hydrogens (tertiary/aromatic N) is 5. The molecule has 0 saturated heterocycles. The van der Waals surface area contributed by atoms with Gasteiger partial charge in [0, 0.05) is 18.0 Å². The van der Waals surface area contributed by atoms with Gasteiger partial charge in [0.15, 0.2) is 5.75 Å². The lowest BCUT2D eigenvalue weighted by molar-refractivity contribution is 0.0992. The first-order valence-electron chi connectivity index (χ1n) is 9.98. The molecule has 9 nitrogen and oxygen atoms in total. The molecule has 4 heterocycles. The second-order valence-electron chi connectivity index (χ2n) is 7.64. The second-order valence-corrected chi connectivity index (χ2v) is 7.64. The smallest absolute Gasteiger partial charge is 0.261 e. The second kappa shape index (κ2) is 7.99. The molecule has 1 aliphatic rings. The van der Waals surface area contributed by atoms with Crippen LogP contribution in [0.4, 0.5) is 5.69 Å². The number of pyridine rings is 2. The lowest BCUT2D eigenvalue weighted by atomic mass is 10.0. The van der Waals surface area contributed by atoms with E-state index in [-0.39, 0.29) is 11.9 Å². The number of ether oxygens (including phenoxy) is 2. The van der Waals surface area contributed by atoms with E-state index in [1.807, 2.05) is 26.0 Å². The van der Waals surface area contributed by atoms with E-state index in [1.165, 1.54) is 7.11 Å². The van der Waals surface area contributed by atoms with Crippen molar-refractivity contribution in [3.05, 3.63) is 47.5 Å². The molecule has 0 bridgehead atoms. The van der Waals surface area contributed by atoms with E-state index >= 15 is 0 Å². The van der Waals surface area contributed by atoms with Crippen LogP contribution in [0.5, 0.6) is 11.6 Å². The molecule has 1 N–H and O–H groups in total. The van der Waals surface area contributed by atoms with Crippen LogP contribution in [0.25, 0.3) is 11.3 Å². The highest BCUT2D eigenvalue weighted by Gasteiger charge is 2.38. The maximum absolute atomic E-state index is 13.2. The molecule has 0 fully saturated rings. The monoisotopic (exact) mass is 423 g/mol. The van der Waals surface area contributed by atoms with Crippen molar-refractivity contribution in [2.24, 2.45) is 0 Å². The van der Waals surface area contributed by atoms with Crippen LogP contribution < -0.4 is 14.4 Å². The average Bonchev–Trinajstić information content (AvgIpc) is 3.28.